The maximum Gasteiger partial charge on any atom is 0.412 e. The normalized spacial score (nSPS) is 13.2. The van der Waals surface area contributed by atoms with Crippen molar-refractivity contribution >= 4 is 17.7 Å². The molecule has 1 aromatic carbocycles. The smallest absolute Gasteiger partial charge is 0.412 e. The summed E-state index contributed by atoms with van der Waals surface area (Å²) in [6, 6.07) is 3.09. The zero-order chi connectivity index (χ0) is 17.0. The number of esters is 1. The molecule has 0 unspecified atom stereocenters. The first-order valence-electron chi connectivity index (χ1n) is 7.41. The molecule has 0 atom stereocenters. The van der Waals surface area contributed by atoms with E-state index < -0.39 is 17.7 Å². The monoisotopic (exact) mass is 323 g/mol. The van der Waals surface area contributed by atoms with Crippen molar-refractivity contribution in [2.45, 2.75) is 33.3 Å². The molecule has 126 valence electrons. The number of fused-ring (bicyclic) bond motifs is 1. The summed E-state index contributed by atoms with van der Waals surface area (Å²) >= 11 is 0. The molecule has 1 aliphatic rings. The van der Waals surface area contributed by atoms with E-state index in [0.29, 0.717) is 24.7 Å². The van der Waals surface area contributed by atoms with Crippen LogP contribution in [0.2, 0.25) is 0 Å². The fourth-order valence-corrected chi connectivity index (χ4v) is 2.02. The zero-order valence-electron chi connectivity index (χ0n) is 13.7. The van der Waals surface area contributed by atoms with E-state index in [1.165, 1.54) is 6.07 Å². The average Bonchev–Trinajstić information content (AvgIpc) is 2.45. The Kier molecular flexibility index (Phi) is 4.98. The third kappa shape index (κ3) is 4.28. The zero-order valence-corrected chi connectivity index (χ0v) is 13.7. The standard InChI is InChI=1S/C16H21NO6/c1-5-20-14(18)10-6-7-11(13-12(10)21-8-9-22-13)17-15(19)23-16(2,3)4/h6-7H,5,8-9H2,1-4H3,(H,17,19). The van der Waals surface area contributed by atoms with Gasteiger partial charge in [0.05, 0.1) is 12.3 Å². The van der Waals surface area contributed by atoms with E-state index in [4.69, 9.17) is 18.9 Å². The molecule has 1 N–H and O–H groups in total. The molecule has 0 bridgehead atoms. The van der Waals surface area contributed by atoms with Crippen molar-refractivity contribution in [3.05, 3.63) is 17.7 Å². The summed E-state index contributed by atoms with van der Waals surface area (Å²) in [5, 5.41) is 2.61. The Hall–Kier alpha value is -2.44. The number of amides is 1. The Labute approximate surface area is 134 Å². The summed E-state index contributed by atoms with van der Waals surface area (Å²) in [7, 11) is 0. The minimum Gasteiger partial charge on any atom is -0.485 e. The van der Waals surface area contributed by atoms with Gasteiger partial charge in [0.2, 0.25) is 0 Å². The lowest BCUT2D eigenvalue weighted by molar-refractivity contribution is 0.0516. The second-order valence-corrected chi connectivity index (χ2v) is 5.86. The van der Waals surface area contributed by atoms with Crippen LogP contribution in [-0.2, 0) is 9.47 Å². The molecule has 0 radical (unpaired) electrons. The van der Waals surface area contributed by atoms with Gasteiger partial charge in [-0.05, 0) is 39.8 Å². The van der Waals surface area contributed by atoms with Crippen molar-refractivity contribution in [1.29, 1.82) is 0 Å². The number of hydrogen-bond donors (Lipinski definition) is 1. The number of ether oxygens (including phenoxy) is 4. The molecule has 0 fully saturated rings. The van der Waals surface area contributed by atoms with Gasteiger partial charge in [0.1, 0.15) is 24.4 Å². The lowest BCUT2D eigenvalue weighted by atomic mass is 10.1. The molecule has 0 saturated carbocycles. The highest BCUT2D eigenvalue weighted by molar-refractivity contribution is 5.97. The van der Waals surface area contributed by atoms with E-state index in [1.54, 1.807) is 33.8 Å². The summed E-state index contributed by atoms with van der Waals surface area (Å²) < 4.78 is 21.3. The van der Waals surface area contributed by atoms with Crippen molar-refractivity contribution in [1.82, 2.24) is 0 Å². The predicted octanol–water partition coefficient (Wildman–Crippen LogP) is 2.98. The molecule has 1 heterocycles. The second-order valence-electron chi connectivity index (χ2n) is 5.86. The van der Waals surface area contributed by atoms with E-state index in [-0.39, 0.29) is 17.9 Å². The predicted molar refractivity (Wildman–Crippen MR) is 83.2 cm³/mol. The van der Waals surface area contributed by atoms with Gasteiger partial charge in [0.15, 0.2) is 11.5 Å². The summed E-state index contributed by atoms with van der Waals surface area (Å²) in [6.07, 6.45) is -0.613. The van der Waals surface area contributed by atoms with Gasteiger partial charge < -0.3 is 18.9 Å². The topological polar surface area (TPSA) is 83.1 Å². The van der Waals surface area contributed by atoms with E-state index in [0.717, 1.165) is 0 Å². The first-order chi connectivity index (χ1) is 10.8. The van der Waals surface area contributed by atoms with Crippen molar-refractivity contribution in [3.8, 4) is 11.5 Å². The summed E-state index contributed by atoms with van der Waals surface area (Å²) in [6.45, 7) is 7.92. The van der Waals surface area contributed by atoms with Crippen molar-refractivity contribution < 1.29 is 28.5 Å². The molecular weight excluding hydrogens is 302 g/mol. The fraction of sp³-hybridized carbons (Fsp3) is 0.500. The summed E-state index contributed by atoms with van der Waals surface area (Å²) in [4.78, 5) is 23.9. The van der Waals surface area contributed by atoms with Gasteiger partial charge >= 0.3 is 12.1 Å². The van der Waals surface area contributed by atoms with E-state index in [2.05, 4.69) is 5.32 Å². The van der Waals surface area contributed by atoms with E-state index in [9.17, 15) is 9.59 Å². The van der Waals surface area contributed by atoms with E-state index >= 15 is 0 Å². The van der Waals surface area contributed by atoms with Crippen molar-refractivity contribution in [2.24, 2.45) is 0 Å². The largest absolute Gasteiger partial charge is 0.485 e. The number of benzene rings is 1. The number of hydrogen-bond acceptors (Lipinski definition) is 6. The van der Waals surface area contributed by atoms with Gasteiger partial charge in [-0.2, -0.15) is 0 Å². The SMILES string of the molecule is CCOC(=O)c1ccc(NC(=O)OC(C)(C)C)c2c1OCCO2. The van der Waals surface area contributed by atoms with Gasteiger partial charge in [0.25, 0.3) is 0 Å². The van der Waals surface area contributed by atoms with E-state index in [1.807, 2.05) is 0 Å². The third-order valence-corrected chi connectivity index (χ3v) is 2.82. The second kappa shape index (κ2) is 6.76. The summed E-state index contributed by atoms with van der Waals surface area (Å²) in [5.41, 5.74) is 0.0186. The Balaban J connectivity index is 2.28. The number of nitrogens with one attached hydrogen (secondary N) is 1. The number of rotatable bonds is 3. The van der Waals surface area contributed by atoms with Crippen LogP contribution in [0.1, 0.15) is 38.1 Å². The first kappa shape index (κ1) is 16.9. The van der Waals surface area contributed by atoms with Gasteiger partial charge in [-0.15, -0.1) is 0 Å². The Bertz CT molecular complexity index is 605. The molecule has 1 aromatic rings. The summed E-state index contributed by atoms with van der Waals surface area (Å²) in [5.74, 6) is 0.0639. The number of carbonyl (C=O) groups is 2. The Morgan fingerprint density at radius 1 is 1.17 bits per heavy atom. The quantitative estimate of drug-likeness (QED) is 0.861. The van der Waals surface area contributed by atoms with Crippen LogP contribution in [0.5, 0.6) is 11.5 Å². The van der Waals surface area contributed by atoms with Crippen molar-refractivity contribution in [2.75, 3.05) is 25.1 Å². The van der Waals surface area contributed by atoms with Crippen molar-refractivity contribution in [3.63, 3.8) is 0 Å². The molecule has 1 aliphatic heterocycles. The lowest BCUT2D eigenvalue weighted by Crippen LogP contribution is -2.28. The van der Waals surface area contributed by atoms with Gasteiger partial charge in [0, 0.05) is 0 Å². The Morgan fingerprint density at radius 3 is 2.43 bits per heavy atom. The molecule has 0 saturated heterocycles. The van der Waals surface area contributed by atoms with Crippen LogP contribution in [0.25, 0.3) is 0 Å². The highest BCUT2D eigenvalue weighted by Crippen LogP contribution is 2.41. The highest BCUT2D eigenvalue weighted by Gasteiger charge is 2.26. The molecule has 7 heteroatoms. The molecule has 0 spiro atoms. The number of anilines is 1. The first-order valence-corrected chi connectivity index (χ1v) is 7.41. The van der Waals surface area contributed by atoms with Crippen LogP contribution in [0.3, 0.4) is 0 Å². The minimum atomic E-state index is -0.619. The maximum atomic E-state index is 12.0. The minimum absolute atomic E-state index is 0.256. The molecule has 23 heavy (non-hydrogen) atoms. The fourth-order valence-electron chi connectivity index (χ4n) is 2.02. The van der Waals surface area contributed by atoms with Crippen LogP contribution in [0, 0.1) is 0 Å². The maximum absolute atomic E-state index is 12.0. The molecule has 0 aliphatic carbocycles. The molecule has 0 aromatic heterocycles. The van der Waals surface area contributed by atoms with Crippen LogP contribution < -0.4 is 14.8 Å². The van der Waals surface area contributed by atoms with Gasteiger partial charge in [-0.25, -0.2) is 9.59 Å². The number of carbonyl (C=O) groups excluding carboxylic acids is 2. The average molecular weight is 323 g/mol. The van der Waals surface area contributed by atoms with Gasteiger partial charge in [-0.3, -0.25) is 5.32 Å². The lowest BCUT2D eigenvalue weighted by Gasteiger charge is -2.24. The Morgan fingerprint density at radius 2 is 1.83 bits per heavy atom. The van der Waals surface area contributed by atoms with Crippen LogP contribution >= 0.6 is 0 Å². The van der Waals surface area contributed by atoms with Crippen LogP contribution in [-0.4, -0.2) is 37.5 Å². The molecule has 7 nitrogen and oxygen atoms in total. The molecular formula is C16H21NO6. The van der Waals surface area contributed by atoms with Gasteiger partial charge in [-0.1, -0.05) is 0 Å². The molecule has 1 amide bonds. The third-order valence-electron chi connectivity index (χ3n) is 2.82. The highest BCUT2D eigenvalue weighted by atomic mass is 16.6. The molecule has 2 rings (SSSR count). The van der Waals surface area contributed by atoms with Crippen LogP contribution in [0.4, 0.5) is 10.5 Å². The van der Waals surface area contributed by atoms with Crippen LogP contribution in [0.15, 0.2) is 12.1 Å².